The number of carbonyl (C=O) groups excluding carboxylic acids is 6. The second-order valence-corrected chi connectivity index (χ2v) is 14.3. The number of methoxy groups -OCH3 is 2. The molecule has 0 radical (unpaired) electrons. The van der Waals surface area contributed by atoms with Crippen molar-refractivity contribution in [1.29, 1.82) is 0 Å². The Balaban J connectivity index is 2.29. The maximum absolute atomic E-state index is 14.2. The molecular formula is C33H45IN4O10S. The summed E-state index contributed by atoms with van der Waals surface area (Å²) in [6.45, 7) is 7.46. The van der Waals surface area contributed by atoms with E-state index in [-0.39, 0.29) is 37.1 Å². The van der Waals surface area contributed by atoms with Crippen LogP contribution in [0.2, 0.25) is 0 Å². The first kappa shape index (κ1) is 41.7. The molecule has 3 N–H and O–H groups in total. The van der Waals surface area contributed by atoms with Gasteiger partial charge in [-0.2, -0.15) is 0 Å². The molecule has 0 bridgehead atoms. The van der Waals surface area contributed by atoms with Gasteiger partial charge in [-0.25, -0.2) is 4.98 Å². The van der Waals surface area contributed by atoms with E-state index in [1.165, 1.54) is 34.3 Å². The van der Waals surface area contributed by atoms with Gasteiger partial charge >= 0.3 is 11.9 Å². The molecule has 1 aromatic carbocycles. The van der Waals surface area contributed by atoms with Crippen LogP contribution in [0.5, 0.6) is 0 Å². The number of aryl methyl sites for hydroxylation is 1. The average molecular weight is 817 g/mol. The normalized spacial score (nSPS) is 14.4. The average Bonchev–Trinajstić information content (AvgIpc) is 3.49. The number of hydrogen-bond donors (Lipinski definition) is 3. The van der Waals surface area contributed by atoms with Gasteiger partial charge in [0, 0.05) is 31.0 Å². The third-order valence-corrected chi connectivity index (χ3v) is 9.45. The quantitative estimate of drug-likeness (QED) is 0.101. The maximum atomic E-state index is 14.2. The van der Waals surface area contributed by atoms with Gasteiger partial charge in [-0.3, -0.25) is 28.8 Å². The number of alkyl halides is 1. The summed E-state index contributed by atoms with van der Waals surface area (Å²) in [5, 5.41) is 8.58. The summed E-state index contributed by atoms with van der Waals surface area (Å²) in [5.41, 5.74) is -1.69. The van der Waals surface area contributed by atoms with Crippen molar-refractivity contribution in [2.45, 2.75) is 71.2 Å². The van der Waals surface area contributed by atoms with E-state index in [0.29, 0.717) is 9.88 Å². The zero-order chi connectivity index (χ0) is 36.8. The van der Waals surface area contributed by atoms with Crippen LogP contribution in [0, 0.1) is 12.3 Å². The van der Waals surface area contributed by atoms with Crippen LogP contribution in [0.4, 0.5) is 0 Å². The summed E-state index contributed by atoms with van der Waals surface area (Å²) in [5.74, 6) is -3.74. The Kier molecular flexibility index (Phi) is 16.7. The van der Waals surface area contributed by atoms with Crippen molar-refractivity contribution in [3.05, 3.63) is 52.0 Å². The zero-order valence-corrected chi connectivity index (χ0v) is 31.7. The molecule has 0 fully saturated rings. The van der Waals surface area contributed by atoms with E-state index in [4.69, 9.17) is 18.9 Å². The van der Waals surface area contributed by atoms with Crippen LogP contribution in [0.3, 0.4) is 0 Å². The fraction of sp³-hybridized carbons (Fsp3) is 0.545. The van der Waals surface area contributed by atoms with E-state index >= 15 is 0 Å². The number of Topliss-reactive ketones (excluding diaryl/α,β-unsaturated/α-hetero) is 1. The molecule has 2 rings (SSSR count). The molecule has 2 aromatic rings. The standard InChI is InChI=1S/C33H45IN4O10S/c1-20-35-15-26(49-20)31(44)38-25(17-46-7)30(43)37-24(16-45-6)29(42)36-23(13-22-11-9-8-10-12-22)28(41)33(5,18-34)48-27(40)14-32(3,4)19-47-21(2)39/h8-12,15,23-25H,13-14,16-19H2,1-7H3,(H,36,42)(H,37,43)(H,38,44). The largest absolute Gasteiger partial charge is 0.465 e. The molecule has 0 aliphatic heterocycles. The number of aromatic nitrogens is 1. The van der Waals surface area contributed by atoms with Crippen LogP contribution in [0.15, 0.2) is 36.5 Å². The third kappa shape index (κ3) is 13.7. The number of nitrogens with one attached hydrogen (secondary N) is 3. The number of carbonyl (C=O) groups is 6. The Morgan fingerprint density at radius 2 is 1.47 bits per heavy atom. The first-order valence-corrected chi connectivity index (χ1v) is 17.7. The van der Waals surface area contributed by atoms with Crippen molar-refractivity contribution in [1.82, 2.24) is 20.9 Å². The highest BCUT2D eigenvalue weighted by Gasteiger charge is 2.43. The van der Waals surface area contributed by atoms with E-state index in [0.717, 1.165) is 16.9 Å². The number of amides is 3. The van der Waals surface area contributed by atoms with E-state index in [1.54, 1.807) is 45.0 Å². The lowest BCUT2D eigenvalue weighted by Gasteiger charge is -2.33. The summed E-state index contributed by atoms with van der Waals surface area (Å²) < 4.78 is 21.2. The number of rotatable bonds is 20. The number of benzene rings is 1. The molecule has 14 nitrogen and oxygen atoms in total. The van der Waals surface area contributed by atoms with Gasteiger partial charge in [0.25, 0.3) is 5.91 Å². The highest BCUT2D eigenvalue weighted by Crippen LogP contribution is 2.26. The summed E-state index contributed by atoms with van der Waals surface area (Å²) in [4.78, 5) is 82.7. The number of halogens is 1. The van der Waals surface area contributed by atoms with Gasteiger partial charge in [0.1, 0.15) is 17.0 Å². The van der Waals surface area contributed by atoms with Crippen molar-refractivity contribution < 1.29 is 47.7 Å². The van der Waals surface area contributed by atoms with Crippen molar-refractivity contribution >= 4 is 69.4 Å². The van der Waals surface area contributed by atoms with Crippen LogP contribution >= 0.6 is 33.9 Å². The molecule has 3 amide bonds. The molecule has 1 aromatic heterocycles. The van der Waals surface area contributed by atoms with Crippen molar-refractivity contribution in [3.8, 4) is 0 Å². The number of hydrogen-bond acceptors (Lipinski definition) is 12. The van der Waals surface area contributed by atoms with E-state index in [9.17, 15) is 28.8 Å². The minimum Gasteiger partial charge on any atom is -0.465 e. The third-order valence-electron chi connectivity index (χ3n) is 7.09. The summed E-state index contributed by atoms with van der Waals surface area (Å²) in [6, 6.07) is 5.32. The summed E-state index contributed by atoms with van der Waals surface area (Å²) in [6.07, 6.45) is 1.31. The number of thiazole rings is 1. The van der Waals surface area contributed by atoms with E-state index < -0.39 is 64.6 Å². The highest BCUT2D eigenvalue weighted by atomic mass is 127. The molecule has 16 heteroatoms. The van der Waals surface area contributed by atoms with Gasteiger partial charge in [0.05, 0.1) is 43.5 Å². The highest BCUT2D eigenvalue weighted by molar-refractivity contribution is 14.1. The zero-order valence-electron chi connectivity index (χ0n) is 28.8. The predicted molar refractivity (Wildman–Crippen MR) is 189 cm³/mol. The van der Waals surface area contributed by atoms with Crippen LogP contribution in [0.1, 0.15) is 54.4 Å². The molecule has 1 heterocycles. The van der Waals surface area contributed by atoms with Crippen molar-refractivity contribution in [2.75, 3.05) is 38.5 Å². The van der Waals surface area contributed by atoms with Crippen LogP contribution in [0.25, 0.3) is 0 Å². The molecule has 0 saturated heterocycles. The topological polar surface area (TPSA) is 188 Å². The van der Waals surface area contributed by atoms with Gasteiger partial charge < -0.3 is 34.9 Å². The van der Waals surface area contributed by atoms with E-state index in [1.807, 2.05) is 28.7 Å². The van der Waals surface area contributed by atoms with Gasteiger partial charge in [-0.05, 0) is 25.8 Å². The first-order chi connectivity index (χ1) is 23.0. The second-order valence-electron chi connectivity index (χ2n) is 12.3. The molecule has 49 heavy (non-hydrogen) atoms. The predicted octanol–water partition coefficient (Wildman–Crippen LogP) is 2.34. The first-order valence-electron chi connectivity index (χ1n) is 15.4. The fourth-order valence-corrected chi connectivity index (χ4v) is 5.75. The minimum absolute atomic E-state index is 0.0224. The number of ether oxygens (including phenoxy) is 4. The number of esters is 2. The second kappa shape index (κ2) is 19.6. The molecule has 0 saturated carbocycles. The molecule has 0 spiro atoms. The molecular weight excluding hydrogens is 771 g/mol. The van der Waals surface area contributed by atoms with Crippen molar-refractivity contribution in [2.24, 2.45) is 5.41 Å². The van der Waals surface area contributed by atoms with Gasteiger partial charge in [0.2, 0.25) is 11.8 Å². The Morgan fingerprint density at radius 1 is 0.898 bits per heavy atom. The molecule has 4 atom stereocenters. The fourth-order valence-electron chi connectivity index (χ4n) is 4.54. The summed E-state index contributed by atoms with van der Waals surface area (Å²) in [7, 11) is 2.70. The Labute approximate surface area is 303 Å². The smallest absolute Gasteiger partial charge is 0.307 e. The summed E-state index contributed by atoms with van der Waals surface area (Å²) >= 11 is 3.10. The van der Waals surface area contributed by atoms with Crippen LogP contribution in [-0.4, -0.2) is 103 Å². The number of nitrogens with zero attached hydrogens (tertiary/aromatic N) is 1. The number of ketones is 1. The van der Waals surface area contributed by atoms with Gasteiger partial charge in [0.15, 0.2) is 11.4 Å². The maximum Gasteiger partial charge on any atom is 0.307 e. The van der Waals surface area contributed by atoms with Gasteiger partial charge in [-0.1, -0.05) is 66.8 Å². The Hall–Kier alpha value is -3.48. The monoisotopic (exact) mass is 816 g/mol. The Morgan fingerprint density at radius 3 is 1.98 bits per heavy atom. The lowest BCUT2D eigenvalue weighted by molar-refractivity contribution is -0.167. The lowest BCUT2D eigenvalue weighted by atomic mass is 9.89. The van der Waals surface area contributed by atoms with Gasteiger partial charge in [-0.15, -0.1) is 11.3 Å². The molecule has 0 aliphatic rings. The molecule has 270 valence electrons. The SMILES string of the molecule is COCC(NC(=O)c1cnc(C)s1)C(=O)NC(COC)C(=O)NC(Cc1ccccc1)C(=O)C(C)(CI)OC(=O)CC(C)(C)COC(C)=O. The molecule has 0 aliphatic carbocycles. The van der Waals surface area contributed by atoms with Crippen LogP contribution in [-0.2, 0) is 49.3 Å². The minimum atomic E-state index is -1.65. The molecule has 4 unspecified atom stereocenters. The lowest BCUT2D eigenvalue weighted by Crippen LogP contribution is -2.60. The van der Waals surface area contributed by atoms with E-state index in [2.05, 4.69) is 20.9 Å². The van der Waals surface area contributed by atoms with Crippen molar-refractivity contribution in [3.63, 3.8) is 0 Å². The Bertz CT molecular complexity index is 1450. The van der Waals surface area contributed by atoms with Crippen LogP contribution < -0.4 is 16.0 Å².